The molecule has 1 rings (SSSR count). The average molecular weight is 241 g/mol. The van der Waals surface area contributed by atoms with Crippen LogP contribution in [0.2, 0.25) is 0 Å². The lowest BCUT2D eigenvalue weighted by molar-refractivity contribution is -0.139. The van der Waals surface area contributed by atoms with Crippen molar-refractivity contribution in [3.63, 3.8) is 0 Å². The predicted molar refractivity (Wildman–Crippen MR) is 70.0 cm³/mol. The Balaban J connectivity index is 2.26. The van der Waals surface area contributed by atoms with Gasteiger partial charge in [-0.25, -0.2) is 0 Å². The van der Waals surface area contributed by atoms with E-state index in [1.165, 1.54) is 25.7 Å². The van der Waals surface area contributed by atoms with Crippen molar-refractivity contribution < 1.29 is 9.90 Å². The fraction of sp³-hybridized carbons (Fsp3) is 0.929. The van der Waals surface area contributed by atoms with E-state index in [9.17, 15) is 4.79 Å². The van der Waals surface area contributed by atoms with E-state index in [1.54, 1.807) is 6.92 Å². The van der Waals surface area contributed by atoms with E-state index in [2.05, 4.69) is 26.1 Å². The Kier molecular flexibility index (Phi) is 4.99. The fourth-order valence-electron chi connectivity index (χ4n) is 2.66. The first-order chi connectivity index (χ1) is 7.80. The zero-order valence-electron chi connectivity index (χ0n) is 11.6. The number of hydrogen-bond donors (Lipinski definition) is 2. The molecule has 0 unspecified atom stereocenters. The zero-order valence-corrected chi connectivity index (χ0v) is 11.6. The minimum Gasteiger partial charge on any atom is -0.480 e. The van der Waals surface area contributed by atoms with Gasteiger partial charge >= 0.3 is 5.97 Å². The van der Waals surface area contributed by atoms with Crippen LogP contribution in [-0.4, -0.2) is 23.7 Å². The molecule has 0 radical (unpaired) electrons. The molecule has 0 bridgehead atoms. The standard InChI is InChI=1S/C14H27NO2/c1-10(13(16)17)15-9-11-5-7-12(8-6-11)14(2,3)4/h10-12,15H,5-9H2,1-4H3,(H,16,17)/t10-,11?,12?/m0/s1. The van der Waals surface area contributed by atoms with Gasteiger partial charge in [-0.2, -0.15) is 0 Å². The minimum absolute atomic E-state index is 0.421. The van der Waals surface area contributed by atoms with Crippen molar-refractivity contribution in [2.75, 3.05) is 6.54 Å². The first kappa shape index (κ1) is 14.5. The van der Waals surface area contributed by atoms with Crippen LogP contribution in [0.3, 0.4) is 0 Å². The fourth-order valence-corrected chi connectivity index (χ4v) is 2.66. The van der Waals surface area contributed by atoms with Crippen LogP contribution in [0.15, 0.2) is 0 Å². The summed E-state index contributed by atoms with van der Waals surface area (Å²) >= 11 is 0. The lowest BCUT2D eigenvalue weighted by Gasteiger charge is -2.37. The highest BCUT2D eigenvalue weighted by Crippen LogP contribution is 2.39. The Labute approximate surface area is 105 Å². The lowest BCUT2D eigenvalue weighted by Crippen LogP contribution is -2.38. The predicted octanol–water partition coefficient (Wildman–Crippen LogP) is 2.90. The Morgan fingerprint density at radius 2 is 1.82 bits per heavy atom. The first-order valence-electron chi connectivity index (χ1n) is 6.77. The van der Waals surface area contributed by atoms with Crippen LogP contribution < -0.4 is 5.32 Å². The molecule has 0 saturated heterocycles. The van der Waals surface area contributed by atoms with Crippen LogP contribution in [0.25, 0.3) is 0 Å². The Hall–Kier alpha value is -0.570. The van der Waals surface area contributed by atoms with E-state index in [0.29, 0.717) is 11.3 Å². The molecule has 3 nitrogen and oxygen atoms in total. The van der Waals surface area contributed by atoms with Gasteiger partial charge in [-0.15, -0.1) is 0 Å². The highest BCUT2D eigenvalue weighted by Gasteiger charge is 2.29. The third-order valence-electron chi connectivity index (χ3n) is 4.15. The SMILES string of the molecule is C[C@H](NCC1CCC(C(C)(C)C)CC1)C(=O)O. The molecule has 1 aliphatic rings. The molecular formula is C14H27NO2. The molecular weight excluding hydrogens is 214 g/mol. The van der Waals surface area contributed by atoms with Crippen molar-refractivity contribution in [3.8, 4) is 0 Å². The maximum atomic E-state index is 10.7. The van der Waals surface area contributed by atoms with E-state index >= 15 is 0 Å². The minimum atomic E-state index is -0.756. The largest absolute Gasteiger partial charge is 0.480 e. The zero-order chi connectivity index (χ0) is 13.1. The summed E-state index contributed by atoms with van der Waals surface area (Å²) in [6.45, 7) is 9.53. The number of nitrogens with one attached hydrogen (secondary N) is 1. The number of carbonyl (C=O) groups is 1. The van der Waals surface area contributed by atoms with Gasteiger partial charge in [-0.1, -0.05) is 20.8 Å². The second-order valence-corrected chi connectivity index (χ2v) is 6.55. The van der Waals surface area contributed by atoms with Crippen LogP contribution >= 0.6 is 0 Å². The number of aliphatic carboxylic acids is 1. The molecule has 1 atom stereocenters. The summed E-state index contributed by atoms with van der Waals surface area (Å²) in [5.41, 5.74) is 0.423. The normalized spacial score (nSPS) is 27.8. The summed E-state index contributed by atoms with van der Waals surface area (Å²) in [4.78, 5) is 10.7. The third kappa shape index (κ3) is 4.66. The number of carboxylic acids is 1. The van der Waals surface area contributed by atoms with Gasteiger partial charge in [0.15, 0.2) is 0 Å². The molecule has 0 aliphatic heterocycles. The van der Waals surface area contributed by atoms with E-state index in [-0.39, 0.29) is 0 Å². The molecule has 3 heteroatoms. The topological polar surface area (TPSA) is 49.3 Å². The summed E-state index contributed by atoms with van der Waals surface area (Å²) in [5, 5.41) is 11.9. The molecule has 0 aromatic heterocycles. The number of hydrogen-bond acceptors (Lipinski definition) is 2. The van der Waals surface area contributed by atoms with Gasteiger partial charge in [0, 0.05) is 0 Å². The van der Waals surface area contributed by atoms with E-state index in [4.69, 9.17) is 5.11 Å². The summed E-state index contributed by atoms with van der Waals surface area (Å²) in [5.74, 6) is 0.736. The summed E-state index contributed by atoms with van der Waals surface area (Å²) in [6, 6.07) is -0.421. The summed E-state index contributed by atoms with van der Waals surface area (Å²) in [7, 11) is 0. The van der Waals surface area contributed by atoms with Gasteiger partial charge in [0.05, 0.1) is 0 Å². The van der Waals surface area contributed by atoms with Crippen LogP contribution in [0.1, 0.15) is 53.4 Å². The molecule has 0 heterocycles. The second-order valence-electron chi connectivity index (χ2n) is 6.55. The third-order valence-corrected chi connectivity index (χ3v) is 4.15. The van der Waals surface area contributed by atoms with Gasteiger partial charge in [0.25, 0.3) is 0 Å². The highest BCUT2D eigenvalue weighted by atomic mass is 16.4. The van der Waals surface area contributed by atoms with Gasteiger partial charge in [0.1, 0.15) is 6.04 Å². The molecule has 0 aromatic rings. The Morgan fingerprint density at radius 1 is 1.29 bits per heavy atom. The molecule has 100 valence electrons. The van der Waals surface area contributed by atoms with Crippen LogP contribution in [0.4, 0.5) is 0 Å². The smallest absolute Gasteiger partial charge is 0.320 e. The Bertz CT molecular complexity index is 249. The molecule has 0 spiro atoms. The Morgan fingerprint density at radius 3 is 2.24 bits per heavy atom. The molecule has 1 saturated carbocycles. The lowest BCUT2D eigenvalue weighted by atomic mass is 9.70. The van der Waals surface area contributed by atoms with Crippen molar-refractivity contribution in [2.45, 2.75) is 59.4 Å². The molecule has 0 aromatic carbocycles. The van der Waals surface area contributed by atoms with E-state index < -0.39 is 12.0 Å². The quantitative estimate of drug-likeness (QED) is 0.795. The van der Waals surface area contributed by atoms with Gasteiger partial charge in [0.2, 0.25) is 0 Å². The highest BCUT2D eigenvalue weighted by molar-refractivity contribution is 5.72. The molecule has 1 aliphatic carbocycles. The van der Waals surface area contributed by atoms with E-state index in [1.807, 2.05) is 0 Å². The van der Waals surface area contributed by atoms with Gasteiger partial charge in [-0.3, -0.25) is 4.79 Å². The van der Waals surface area contributed by atoms with Crippen molar-refractivity contribution in [1.82, 2.24) is 5.32 Å². The maximum absolute atomic E-state index is 10.7. The van der Waals surface area contributed by atoms with Gasteiger partial charge < -0.3 is 10.4 Å². The van der Waals surface area contributed by atoms with Crippen molar-refractivity contribution in [1.29, 1.82) is 0 Å². The summed E-state index contributed by atoms with van der Waals surface area (Å²) < 4.78 is 0. The molecule has 1 fully saturated rings. The van der Waals surface area contributed by atoms with E-state index in [0.717, 1.165) is 12.5 Å². The monoisotopic (exact) mass is 241 g/mol. The second kappa shape index (κ2) is 5.85. The molecule has 0 amide bonds. The van der Waals surface area contributed by atoms with Gasteiger partial charge in [-0.05, 0) is 56.4 Å². The first-order valence-corrected chi connectivity index (χ1v) is 6.77. The van der Waals surface area contributed by atoms with Crippen molar-refractivity contribution in [3.05, 3.63) is 0 Å². The number of rotatable bonds is 4. The van der Waals surface area contributed by atoms with Crippen LogP contribution in [0, 0.1) is 17.3 Å². The van der Waals surface area contributed by atoms with Crippen molar-refractivity contribution in [2.24, 2.45) is 17.3 Å². The summed E-state index contributed by atoms with van der Waals surface area (Å²) in [6.07, 6.45) is 5.05. The maximum Gasteiger partial charge on any atom is 0.320 e. The van der Waals surface area contributed by atoms with Crippen molar-refractivity contribution >= 4 is 5.97 Å². The number of carboxylic acid groups (broad SMARTS) is 1. The van der Waals surface area contributed by atoms with Crippen LogP contribution in [-0.2, 0) is 4.79 Å². The molecule has 17 heavy (non-hydrogen) atoms. The van der Waals surface area contributed by atoms with Crippen LogP contribution in [0.5, 0.6) is 0 Å². The molecule has 2 N–H and O–H groups in total. The average Bonchev–Trinajstić information content (AvgIpc) is 2.25.